The lowest BCUT2D eigenvalue weighted by atomic mass is 9.47. The second-order valence-electron chi connectivity index (χ2n) is 8.91. The maximum absolute atomic E-state index is 14.0. The number of nitrogens with zero attached hydrogens (tertiary/aromatic N) is 2. The van der Waals surface area contributed by atoms with Gasteiger partial charge in [-0.05, 0) is 34.4 Å². The zero-order valence-corrected chi connectivity index (χ0v) is 18.2. The van der Waals surface area contributed by atoms with Crippen molar-refractivity contribution in [2.75, 3.05) is 18.6 Å². The number of anilines is 1. The van der Waals surface area contributed by atoms with Crippen molar-refractivity contribution in [2.24, 2.45) is 11.8 Å². The number of hydrogen-bond donors (Lipinski definition) is 1. The van der Waals surface area contributed by atoms with Crippen LogP contribution in [0.5, 0.6) is 5.75 Å². The highest BCUT2D eigenvalue weighted by Gasteiger charge is 2.68. The molecule has 7 rings (SSSR count). The Bertz CT molecular complexity index is 1350. The lowest BCUT2D eigenvalue weighted by Crippen LogP contribution is -2.55. The van der Waals surface area contributed by atoms with Gasteiger partial charge in [-0.25, -0.2) is 4.90 Å². The highest BCUT2D eigenvalue weighted by atomic mass is 16.6. The van der Waals surface area contributed by atoms with Gasteiger partial charge in [-0.3, -0.25) is 19.7 Å². The molecule has 3 aromatic rings. The van der Waals surface area contributed by atoms with Gasteiger partial charge in [0, 0.05) is 5.92 Å². The Labute approximate surface area is 194 Å². The van der Waals surface area contributed by atoms with Gasteiger partial charge >= 0.3 is 0 Å². The van der Waals surface area contributed by atoms with E-state index in [2.05, 4.69) is 0 Å². The number of ether oxygens (including phenoxy) is 1. The average Bonchev–Trinajstić information content (AvgIpc) is 3.14. The third kappa shape index (κ3) is 2.30. The van der Waals surface area contributed by atoms with Crippen molar-refractivity contribution in [1.29, 1.82) is 0 Å². The van der Waals surface area contributed by atoms with Gasteiger partial charge in [-0.1, -0.05) is 48.5 Å². The van der Waals surface area contributed by atoms with E-state index < -0.39 is 34.0 Å². The van der Waals surface area contributed by atoms with Crippen LogP contribution >= 0.6 is 0 Å². The van der Waals surface area contributed by atoms with Gasteiger partial charge in [0.1, 0.15) is 11.4 Å². The minimum atomic E-state index is -1.12. The fraction of sp³-hybridized carbons (Fsp3) is 0.231. The molecule has 1 N–H and O–H groups in total. The molecule has 0 saturated carbocycles. The third-order valence-corrected chi connectivity index (χ3v) is 7.66. The third-order valence-electron chi connectivity index (χ3n) is 7.66. The fourth-order valence-corrected chi connectivity index (χ4v) is 6.40. The molecule has 0 radical (unpaired) electrons. The number of imide groups is 1. The molecular formula is C26H20N2O6. The highest BCUT2D eigenvalue weighted by Crippen LogP contribution is 2.64. The molecule has 0 aromatic heterocycles. The molecule has 3 aromatic carbocycles. The fourth-order valence-electron chi connectivity index (χ4n) is 6.40. The van der Waals surface area contributed by atoms with E-state index in [9.17, 15) is 24.8 Å². The van der Waals surface area contributed by atoms with Crippen LogP contribution in [-0.4, -0.2) is 35.6 Å². The Morgan fingerprint density at radius 2 is 1.62 bits per heavy atom. The summed E-state index contributed by atoms with van der Waals surface area (Å²) in [6.07, 6.45) is 0. The molecule has 2 atom stereocenters. The summed E-state index contributed by atoms with van der Waals surface area (Å²) in [7, 11) is 1.39. The minimum Gasteiger partial charge on any atom is -0.496 e. The van der Waals surface area contributed by atoms with Crippen molar-refractivity contribution in [1.82, 2.24) is 0 Å². The maximum Gasteiger partial charge on any atom is 0.297 e. The SMILES string of the molecule is COc1ccc(N2C(=O)[C@@H]3C4c5ccccc5C(CO)(c5ccccc54)[C@H]3C2=O)c([N+](=O)[O-])c1. The summed E-state index contributed by atoms with van der Waals surface area (Å²) < 4.78 is 5.11. The van der Waals surface area contributed by atoms with Crippen LogP contribution in [0.3, 0.4) is 0 Å². The van der Waals surface area contributed by atoms with Crippen molar-refractivity contribution < 1.29 is 24.4 Å². The summed E-state index contributed by atoms with van der Waals surface area (Å²) >= 11 is 0. The average molecular weight is 456 g/mol. The molecule has 2 amide bonds. The second kappa shape index (κ2) is 6.98. The van der Waals surface area contributed by atoms with Crippen LogP contribution in [0.4, 0.5) is 11.4 Å². The zero-order valence-electron chi connectivity index (χ0n) is 18.2. The first-order chi connectivity index (χ1) is 16.5. The van der Waals surface area contributed by atoms with Crippen LogP contribution < -0.4 is 9.64 Å². The van der Waals surface area contributed by atoms with Gasteiger partial charge in [0.05, 0.1) is 42.0 Å². The van der Waals surface area contributed by atoms with Crippen LogP contribution in [0, 0.1) is 22.0 Å². The predicted molar refractivity (Wildman–Crippen MR) is 122 cm³/mol. The molecule has 170 valence electrons. The van der Waals surface area contributed by atoms with Gasteiger partial charge in [0.25, 0.3) is 5.69 Å². The van der Waals surface area contributed by atoms with Crippen LogP contribution in [0.1, 0.15) is 28.2 Å². The highest BCUT2D eigenvalue weighted by molar-refractivity contribution is 6.24. The number of aliphatic hydroxyl groups excluding tert-OH is 1. The first-order valence-electron chi connectivity index (χ1n) is 11.0. The Kier molecular flexibility index (Phi) is 4.22. The Hall–Kier alpha value is -4.04. The van der Waals surface area contributed by atoms with Crippen LogP contribution in [-0.2, 0) is 15.0 Å². The van der Waals surface area contributed by atoms with E-state index in [1.807, 2.05) is 48.5 Å². The molecule has 34 heavy (non-hydrogen) atoms. The number of hydrogen-bond acceptors (Lipinski definition) is 6. The summed E-state index contributed by atoms with van der Waals surface area (Å²) in [6, 6.07) is 19.2. The van der Waals surface area contributed by atoms with Gasteiger partial charge in [0.2, 0.25) is 11.8 Å². The topological polar surface area (TPSA) is 110 Å². The molecule has 3 aliphatic carbocycles. The summed E-state index contributed by atoms with van der Waals surface area (Å²) in [6.45, 7) is -0.369. The van der Waals surface area contributed by atoms with E-state index in [0.717, 1.165) is 27.2 Å². The van der Waals surface area contributed by atoms with Crippen LogP contribution in [0.2, 0.25) is 0 Å². The lowest BCUT2D eigenvalue weighted by Gasteiger charge is -2.53. The summed E-state index contributed by atoms with van der Waals surface area (Å²) in [5.41, 5.74) is 1.88. The molecule has 8 heteroatoms. The smallest absolute Gasteiger partial charge is 0.297 e. The number of nitro benzene ring substituents is 1. The molecule has 4 aliphatic rings. The van der Waals surface area contributed by atoms with Gasteiger partial charge in [-0.2, -0.15) is 0 Å². The lowest BCUT2D eigenvalue weighted by molar-refractivity contribution is -0.384. The second-order valence-corrected chi connectivity index (χ2v) is 8.91. The van der Waals surface area contributed by atoms with E-state index in [1.54, 1.807) is 0 Å². The molecule has 0 spiro atoms. The Balaban J connectivity index is 1.61. The van der Waals surface area contributed by atoms with E-state index >= 15 is 0 Å². The molecular weight excluding hydrogens is 436 g/mol. The number of carbonyl (C=O) groups is 2. The number of nitro groups is 1. The molecule has 1 fully saturated rings. The first kappa shape index (κ1) is 20.6. The normalized spacial score (nSPS) is 26.2. The van der Waals surface area contributed by atoms with E-state index in [1.165, 1.54) is 25.3 Å². The number of methoxy groups -OCH3 is 1. The number of rotatable bonds is 4. The molecule has 1 saturated heterocycles. The largest absolute Gasteiger partial charge is 0.496 e. The van der Waals surface area contributed by atoms with Crippen molar-refractivity contribution in [3.05, 3.63) is 99.1 Å². The monoisotopic (exact) mass is 456 g/mol. The van der Waals surface area contributed by atoms with Gasteiger partial charge in [-0.15, -0.1) is 0 Å². The van der Waals surface area contributed by atoms with Crippen LogP contribution in [0.25, 0.3) is 0 Å². The first-order valence-corrected chi connectivity index (χ1v) is 11.0. The molecule has 1 aliphatic heterocycles. The maximum atomic E-state index is 14.0. The number of amides is 2. The number of carbonyl (C=O) groups excluding carboxylic acids is 2. The Morgan fingerprint density at radius 3 is 2.18 bits per heavy atom. The molecule has 1 heterocycles. The van der Waals surface area contributed by atoms with Gasteiger partial charge in [0.15, 0.2) is 0 Å². The summed E-state index contributed by atoms with van der Waals surface area (Å²) in [5.74, 6) is -2.81. The molecule has 2 bridgehead atoms. The van der Waals surface area contributed by atoms with Crippen molar-refractivity contribution >= 4 is 23.2 Å². The molecule has 0 unspecified atom stereocenters. The summed E-state index contributed by atoms with van der Waals surface area (Å²) in [5, 5.41) is 22.7. The number of benzene rings is 3. The quantitative estimate of drug-likeness (QED) is 0.367. The Morgan fingerprint density at radius 1 is 1.00 bits per heavy atom. The van der Waals surface area contributed by atoms with Crippen LogP contribution in [0.15, 0.2) is 66.7 Å². The van der Waals surface area contributed by atoms with E-state index in [4.69, 9.17) is 4.74 Å². The minimum absolute atomic E-state index is 0.0872. The summed E-state index contributed by atoms with van der Waals surface area (Å²) in [4.78, 5) is 40.1. The standard InChI is InChI=1S/C26H20N2O6/c1-34-14-10-11-19(20(12-14)28(32)33)27-24(30)22-21-15-6-2-4-8-17(15)26(13-29,23(22)25(27)31)18-9-5-3-7-16(18)21/h2-12,21-23,29H,13H2,1H3/t21?,22-,23-,26?/m1/s1. The van der Waals surface area contributed by atoms with Crippen molar-refractivity contribution in [2.45, 2.75) is 11.3 Å². The van der Waals surface area contributed by atoms with E-state index in [-0.39, 0.29) is 29.6 Å². The molecule has 8 nitrogen and oxygen atoms in total. The zero-order chi connectivity index (χ0) is 23.8. The number of aliphatic hydroxyl groups is 1. The van der Waals surface area contributed by atoms with Gasteiger partial charge < -0.3 is 9.84 Å². The van der Waals surface area contributed by atoms with Crippen molar-refractivity contribution in [3.63, 3.8) is 0 Å². The predicted octanol–water partition coefficient (Wildman–Crippen LogP) is 3.15. The van der Waals surface area contributed by atoms with Crippen molar-refractivity contribution in [3.8, 4) is 5.75 Å². The van der Waals surface area contributed by atoms with E-state index in [0.29, 0.717) is 0 Å².